The molecule has 0 saturated carbocycles. The smallest absolute Gasteiger partial charge is 0.168 e. The van der Waals surface area contributed by atoms with Gasteiger partial charge in [-0.25, -0.2) is 19.0 Å². The molecule has 0 bridgehead atoms. The Kier molecular flexibility index (Phi) is 3.82. The molecule has 2 aromatic carbocycles. The summed E-state index contributed by atoms with van der Waals surface area (Å²) in [5.74, 6) is 0.309. The Hall–Kier alpha value is -2.99. The van der Waals surface area contributed by atoms with E-state index < -0.39 is 0 Å². The molecule has 0 spiro atoms. The number of anilines is 2. The highest BCUT2D eigenvalue weighted by Gasteiger charge is 2.12. The highest BCUT2D eigenvalue weighted by atomic mass is 35.5. The lowest BCUT2D eigenvalue weighted by Gasteiger charge is -2.07. The van der Waals surface area contributed by atoms with Crippen molar-refractivity contribution >= 4 is 34.1 Å². The van der Waals surface area contributed by atoms with Gasteiger partial charge in [0.25, 0.3) is 0 Å². The molecule has 0 radical (unpaired) electrons. The summed E-state index contributed by atoms with van der Waals surface area (Å²) >= 11 is 6.22. The molecule has 0 amide bonds. The van der Waals surface area contributed by atoms with Crippen LogP contribution in [0.4, 0.5) is 15.9 Å². The van der Waals surface area contributed by atoms with Crippen molar-refractivity contribution in [3.63, 3.8) is 0 Å². The van der Waals surface area contributed by atoms with E-state index in [-0.39, 0.29) is 5.82 Å². The topological polar surface area (TPSA) is 55.6 Å². The van der Waals surface area contributed by atoms with E-state index in [1.807, 2.05) is 25.1 Å². The minimum Gasteiger partial charge on any atom is -0.340 e. The number of aryl methyl sites for hydroxylation is 1. The lowest BCUT2D eigenvalue weighted by molar-refractivity contribution is 0.628. The molecule has 25 heavy (non-hydrogen) atoms. The van der Waals surface area contributed by atoms with Crippen LogP contribution < -0.4 is 5.32 Å². The fourth-order valence-electron chi connectivity index (χ4n) is 2.52. The van der Waals surface area contributed by atoms with Gasteiger partial charge in [-0.1, -0.05) is 17.7 Å². The molecule has 0 aliphatic carbocycles. The van der Waals surface area contributed by atoms with E-state index in [9.17, 15) is 4.39 Å². The van der Waals surface area contributed by atoms with E-state index in [0.717, 1.165) is 22.3 Å². The van der Waals surface area contributed by atoms with E-state index in [2.05, 4.69) is 20.4 Å². The molecule has 1 N–H and O–H groups in total. The normalized spacial score (nSPS) is 11.0. The fourth-order valence-corrected chi connectivity index (χ4v) is 2.69. The Morgan fingerprint density at radius 3 is 2.64 bits per heavy atom. The van der Waals surface area contributed by atoms with Crippen LogP contribution in [0.25, 0.3) is 16.7 Å². The average Bonchev–Trinajstić information content (AvgIpc) is 3.04. The van der Waals surface area contributed by atoms with Crippen molar-refractivity contribution in [3.8, 4) is 5.69 Å². The lowest BCUT2D eigenvalue weighted by Crippen LogP contribution is -2.00. The maximum absolute atomic E-state index is 13.1. The predicted molar refractivity (Wildman–Crippen MR) is 96.1 cm³/mol. The molecule has 0 aliphatic heterocycles. The van der Waals surface area contributed by atoms with Crippen LogP contribution in [0.3, 0.4) is 0 Å². The van der Waals surface area contributed by atoms with E-state index in [0.29, 0.717) is 16.5 Å². The van der Waals surface area contributed by atoms with Crippen LogP contribution in [-0.4, -0.2) is 19.7 Å². The Morgan fingerprint density at radius 1 is 1.08 bits per heavy atom. The second-order valence-electron chi connectivity index (χ2n) is 5.58. The summed E-state index contributed by atoms with van der Waals surface area (Å²) in [6.45, 7) is 1.94. The first-order valence-electron chi connectivity index (χ1n) is 7.60. The summed E-state index contributed by atoms with van der Waals surface area (Å²) in [6.07, 6.45) is 3.15. The third-order valence-corrected chi connectivity index (χ3v) is 4.28. The highest BCUT2D eigenvalue weighted by Crippen LogP contribution is 2.26. The number of nitrogens with zero attached hydrogens (tertiary/aromatic N) is 4. The van der Waals surface area contributed by atoms with Crippen LogP contribution >= 0.6 is 11.6 Å². The minimum absolute atomic E-state index is 0.289. The number of nitrogens with one attached hydrogen (secondary N) is 1. The van der Waals surface area contributed by atoms with Crippen LogP contribution in [0.2, 0.25) is 5.02 Å². The maximum Gasteiger partial charge on any atom is 0.168 e. The SMILES string of the molecule is Cc1ccc(-n2ncc3c(Nc4ccc(F)cc4)ncnc32)cc1Cl. The molecule has 124 valence electrons. The maximum atomic E-state index is 13.1. The van der Waals surface area contributed by atoms with Crippen molar-refractivity contribution < 1.29 is 4.39 Å². The minimum atomic E-state index is -0.289. The van der Waals surface area contributed by atoms with Gasteiger partial charge in [0.05, 0.1) is 17.3 Å². The first-order valence-corrected chi connectivity index (χ1v) is 7.97. The zero-order valence-corrected chi connectivity index (χ0v) is 14.0. The van der Waals surface area contributed by atoms with Crippen molar-refractivity contribution in [1.82, 2.24) is 19.7 Å². The number of rotatable bonds is 3. The van der Waals surface area contributed by atoms with Gasteiger partial charge in [-0.3, -0.25) is 0 Å². The quantitative estimate of drug-likeness (QED) is 0.582. The monoisotopic (exact) mass is 353 g/mol. The standard InChI is InChI=1S/C18H13ClFN5/c1-11-2-7-14(8-16(11)19)25-18-15(9-23-25)17(21-10-22-18)24-13-5-3-12(20)4-6-13/h2-10H,1H3,(H,21,22,24). The zero-order valence-electron chi connectivity index (χ0n) is 13.2. The summed E-state index contributed by atoms with van der Waals surface area (Å²) in [5.41, 5.74) is 3.19. The first-order chi connectivity index (χ1) is 12.1. The molecular weight excluding hydrogens is 341 g/mol. The summed E-state index contributed by atoms with van der Waals surface area (Å²) in [4.78, 5) is 8.60. The Bertz CT molecular complexity index is 1060. The molecule has 0 aliphatic rings. The fraction of sp³-hybridized carbons (Fsp3) is 0.0556. The third kappa shape index (κ3) is 2.92. The van der Waals surface area contributed by atoms with Crippen molar-refractivity contribution in [1.29, 1.82) is 0 Å². The van der Waals surface area contributed by atoms with E-state index in [1.54, 1.807) is 23.0 Å². The van der Waals surface area contributed by atoms with E-state index >= 15 is 0 Å². The summed E-state index contributed by atoms with van der Waals surface area (Å²) < 4.78 is 14.8. The summed E-state index contributed by atoms with van der Waals surface area (Å²) in [6, 6.07) is 11.8. The lowest BCUT2D eigenvalue weighted by atomic mass is 10.2. The number of fused-ring (bicyclic) bond motifs is 1. The summed E-state index contributed by atoms with van der Waals surface area (Å²) in [5, 5.41) is 8.99. The van der Waals surface area contributed by atoms with Gasteiger partial charge in [-0.15, -0.1) is 0 Å². The largest absolute Gasteiger partial charge is 0.340 e. The molecule has 0 fully saturated rings. The van der Waals surface area contributed by atoms with Crippen LogP contribution in [0.1, 0.15) is 5.56 Å². The zero-order chi connectivity index (χ0) is 17.4. The molecule has 0 atom stereocenters. The van der Waals surface area contributed by atoms with Crippen molar-refractivity contribution in [3.05, 3.63) is 71.4 Å². The molecular formula is C18H13ClFN5. The molecule has 5 nitrogen and oxygen atoms in total. The van der Waals surface area contributed by atoms with Crippen LogP contribution in [-0.2, 0) is 0 Å². The van der Waals surface area contributed by atoms with Gasteiger partial charge in [0.15, 0.2) is 5.65 Å². The van der Waals surface area contributed by atoms with Gasteiger partial charge in [0.1, 0.15) is 18.0 Å². The van der Waals surface area contributed by atoms with Crippen molar-refractivity contribution in [2.45, 2.75) is 6.92 Å². The van der Waals surface area contributed by atoms with Gasteiger partial charge >= 0.3 is 0 Å². The predicted octanol–water partition coefficient (Wildman–Crippen LogP) is 4.66. The van der Waals surface area contributed by atoms with Gasteiger partial charge in [-0.05, 0) is 48.9 Å². The molecule has 4 aromatic rings. The number of hydrogen-bond acceptors (Lipinski definition) is 4. The second-order valence-corrected chi connectivity index (χ2v) is 5.99. The molecule has 0 saturated heterocycles. The molecule has 4 rings (SSSR count). The molecule has 0 unspecified atom stereocenters. The average molecular weight is 354 g/mol. The number of aromatic nitrogens is 4. The third-order valence-electron chi connectivity index (χ3n) is 3.87. The van der Waals surface area contributed by atoms with Gasteiger partial charge in [0, 0.05) is 10.7 Å². The van der Waals surface area contributed by atoms with Crippen LogP contribution in [0, 0.1) is 12.7 Å². The van der Waals surface area contributed by atoms with Gasteiger partial charge < -0.3 is 5.32 Å². The van der Waals surface area contributed by atoms with E-state index in [4.69, 9.17) is 11.6 Å². The Morgan fingerprint density at radius 2 is 1.88 bits per heavy atom. The molecule has 7 heteroatoms. The van der Waals surface area contributed by atoms with Gasteiger partial charge in [-0.2, -0.15) is 5.10 Å². The second kappa shape index (κ2) is 6.14. The van der Waals surface area contributed by atoms with Crippen molar-refractivity contribution in [2.75, 3.05) is 5.32 Å². The number of hydrogen-bond donors (Lipinski definition) is 1. The molecule has 2 heterocycles. The first kappa shape index (κ1) is 15.5. The van der Waals surface area contributed by atoms with Crippen LogP contribution in [0.5, 0.6) is 0 Å². The van der Waals surface area contributed by atoms with Gasteiger partial charge in [0.2, 0.25) is 0 Å². The number of halogens is 2. The Labute approximate surface area is 148 Å². The van der Waals surface area contributed by atoms with E-state index in [1.165, 1.54) is 18.5 Å². The Balaban J connectivity index is 1.77. The van der Waals surface area contributed by atoms with Crippen LogP contribution in [0.15, 0.2) is 55.0 Å². The number of benzene rings is 2. The van der Waals surface area contributed by atoms with Crippen molar-refractivity contribution in [2.24, 2.45) is 0 Å². The summed E-state index contributed by atoms with van der Waals surface area (Å²) in [7, 11) is 0. The molecule has 2 aromatic heterocycles. The highest BCUT2D eigenvalue weighted by molar-refractivity contribution is 6.31.